The van der Waals surface area contributed by atoms with Crippen molar-refractivity contribution in [1.29, 1.82) is 0 Å². The standard InChI is InChI=1S/C27H28N2O7/c1-2-35-27(34)20-9-6-14-28(16-20)22-15-24(31)29(25(22)32)21-12-10-19(11-13-21)26(33)36-17-23(30)18-7-4-3-5-8-18/h3-5,7-8,10-13,20,22H,2,6,9,14-17H2,1H3. The Hall–Kier alpha value is -3.85. The molecule has 2 saturated heterocycles. The van der Waals surface area contributed by atoms with Gasteiger partial charge in [-0.3, -0.25) is 24.1 Å². The highest BCUT2D eigenvalue weighted by Gasteiger charge is 2.44. The van der Waals surface area contributed by atoms with Gasteiger partial charge < -0.3 is 9.47 Å². The number of ether oxygens (including phenoxy) is 2. The molecule has 2 aliphatic heterocycles. The second-order valence-corrected chi connectivity index (χ2v) is 8.79. The molecule has 0 N–H and O–H groups in total. The summed E-state index contributed by atoms with van der Waals surface area (Å²) in [6.07, 6.45) is 1.47. The highest BCUT2D eigenvalue weighted by molar-refractivity contribution is 6.22. The maximum absolute atomic E-state index is 13.2. The molecule has 2 atom stereocenters. The van der Waals surface area contributed by atoms with Gasteiger partial charge in [-0.15, -0.1) is 0 Å². The van der Waals surface area contributed by atoms with Crippen LogP contribution >= 0.6 is 0 Å². The third-order valence-corrected chi connectivity index (χ3v) is 6.43. The van der Waals surface area contributed by atoms with E-state index in [0.29, 0.717) is 37.4 Å². The van der Waals surface area contributed by atoms with Gasteiger partial charge in [0.05, 0.1) is 36.2 Å². The molecule has 2 aliphatic rings. The Morgan fingerprint density at radius 2 is 1.67 bits per heavy atom. The van der Waals surface area contributed by atoms with Gasteiger partial charge in [-0.25, -0.2) is 9.69 Å². The summed E-state index contributed by atoms with van der Waals surface area (Å²) in [7, 11) is 0. The van der Waals surface area contributed by atoms with Crippen molar-refractivity contribution in [3.63, 3.8) is 0 Å². The molecule has 2 unspecified atom stereocenters. The number of anilines is 1. The van der Waals surface area contributed by atoms with Crippen molar-refractivity contribution in [2.24, 2.45) is 5.92 Å². The molecule has 188 valence electrons. The molecule has 36 heavy (non-hydrogen) atoms. The van der Waals surface area contributed by atoms with E-state index in [0.717, 1.165) is 11.3 Å². The van der Waals surface area contributed by atoms with Crippen LogP contribution in [0.4, 0.5) is 5.69 Å². The fraction of sp³-hybridized carbons (Fsp3) is 0.370. The van der Waals surface area contributed by atoms with Crippen LogP contribution in [-0.4, -0.2) is 66.8 Å². The second kappa shape index (κ2) is 11.3. The van der Waals surface area contributed by atoms with Crippen molar-refractivity contribution in [1.82, 2.24) is 4.90 Å². The van der Waals surface area contributed by atoms with E-state index in [1.54, 1.807) is 37.3 Å². The maximum Gasteiger partial charge on any atom is 0.338 e. The largest absolute Gasteiger partial charge is 0.466 e. The fourth-order valence-electron chi connectivity index (χ4n) is 4.58. The molecule has 2 amide bonds. The van der Waals surface area contributed by atoms with E-state index in [4.69, 9.17) is 9.47 Å². The van der Waals surface area contributed by atoms with Crippen LogP contribution in [0.15, 0.2) is 54.6 Å². The molecule has 0 aliphatic carbocycles. The van der Waals surface area contributed by atoms with Gasteiger partial charge in [0.25, 0.3) is 5.91 Å². The van der Waals surface area contributed by atoms with Crippen molar-refractivity contribution >= 4 is 35.2 Å². The molecule has 2 heterocycles. The predicted octanol–water partition coefficient (Wildman–Crippen LogP) is 2.63. The predicted molar refractivity (Wildman–Crippen MR) is 129 cm³/mol. The van der Waals surface area contributed by atoms with Gasteiger partial charge in [0.2, 0.25) is 5.91 Å². The van der Waals surface area contributed by atoms with Crippen molar-refractivity contribution in [2.45, 2.75) is 32.2 Å². The Kier molecular flexibility index (Phi) is 7.90. The molecule has 2 aromatic carbocycles. The molecule has 2 aromatic rings. The number of nitrogens with zero attached hydrogens (tertiary/aromatic N) is 2. The molecule has 9 nitrogen and oxygen atoms in total. The number of esters is 2. The summed E-state index contributed by atoms with van der Waals surface area (Å²) < 4.78 is 10.2. The quantitative estimate of drug-likeness (QED) is 0.314. The number of Topliss-reactive ketones (excluding diaryl/α,β-unsaturated/α-hetero) is 1. The molecular weight excluding hydrogens is 464 g/mol. The van der Waals surface area contributed by atoms with Gasteiger partial charge in [0, 0.05) is 12.1 Å². The zero-order chi connectivity index (χ0) is 25.7. The van der Waals surface area contributed by atoms with Crippen LogP contribution in [0.25, 0.3) is 0 Å². The van der Waals surface area contributed by atoms with E-state index in [1.807, 2.05) is 4.90 Å². The van der Waals surface area contributed by atoms with E-state index >= 15 is 0 Å². The minimum absolute atomic E-state index is 0.0275. The number of benzene rings is 2. The Bertz CT molecular complexity index is 1150. The molecule has 4 rings (SSSR count). The Morgan fingerprint density at radius 3 is 2.36 bits per heavy atom. The maximum atomic E-state index is 13.2. The van der Waals surface area contributed by atoms with Crippen molar-refractivity contribution in [3.8, 4) is 0 Å². The summed E-state index contributed by atoms with van der Waals surface area (Å²) in [6, 6.07) is 13.8. The topological polar surface area (TPSA) is 110 Å². The number of ketones is 1. The lowest BCUT2D eigenvalue weighted by atomic mass is 9.96. The molecule has 0 bridgehead atoms. The fourth-order valence-corrected chi connectivity index (χ4v) is 4.58. The molecular formula is C27H28N2O7. The highest BCUT2D eigenvalue weighted by atomic mass is 16.5. The Labute approximate surface area is 209 Å². The van der Waals surface area contributed by atoms with E-state index in [-0.39, 0.29) is 41.5 Å². The summed E-state index contributed by atoms with van der Waals surface area (Å²) in [5, 5.41) is 0. The van der Waals surface area contributed by atoms with Gasteiger partial charge in [-0.2, -0.15) is 0 Å². The van der Waals surface area contributed by atoms with Crippen molar-refractivity contribution < 1.29 is 33.4 Å². The highest BCUT2D eigenvalue weighted by Crippen LogP contribution is 2.29. The summed E-state index contributed by atoms with van der Waals surface area (Å²) in [5.41, 5.74) is 0.996. The van der Waals surface area contributed by atoms with Gasteiger partial charge >= 0.3 is 11.9 Å². The zero-order valence-corrected chi connectivity index (χ0v) is 20.1. The molecule has 0 saturated carbocycles. The summed E-state index contributed by atoms with van der Waals surface area (Å²) in [6.45, 7) is 2.67. The van der Waals surface area contributed by atoms with Crippen LogP contribution in [0.2, 0.25) is 0 Å². The van der Waals surface area contributed by atoms with E-state index in [2.05, 4.69) is 0 Å². The number of carbonyl (C=O) groups is 5. The normalized spacial score (nSPS) is 20.3. The first-order chi connectivity index (χ1) is 17.4. The van der Waals surface area contributed by atoms with Crippen LogP contribution in [-0.2, 0) is 23.9 Å². The lowest BCUT2D eigenvalue weighted by molar-refractivity contribution is -0.150. The SMILES string of the molecule is CCOC(=O)C1CCCN(C2CC(=O)N(c3ccc(C(=O)OCC(=O)c4ccccc4)cc3)C2=O)C1. The third-order valence-electron chi connectivity index (χ3n) is 6.43. The minimum Gasteiger partial charge on any atom is -0.466 e. The second-order valence-electron chi connectivity index (χ2n) is 8.79. The molecule has 0 aromatic heterocycles. The van der Waals surface area contributed by atoms with Gasteiger partial charge in [0.15, 0.2) is 12.4 Å². The molecule has 9 heteroatoms. The number of amides is 2. The van der Waals surface area contributed by atoms with Crippen molar-refractivity contribution in [2.75, 3.05) is 31.2 Å². The number of carbonyl (C=O) groups excluding carboxylic acids is 5. The van der Waals surface area contributed by atoms with Crippen LogP contribution in [0.5, 0.6) is 0 Å². The average molecular weight is 493 g/mol. The van der Waals surface area contributed by atoms with E-state index in [1.165, 1.54) is 24.3 Å². The Balaban J connectivity index is 1.37. The lowest BCUT2D eigenvalue weighted by Gasteiger charge is -2.34. The monoisotopic (exact) mass is 492 g/mol. The first-order valence-electron chi connectivity index (χ1n) is 12.0. The van der Waals surface area contributed by atoms with Crippen LogP contribution < -0.4 is 4.90 Å². The molecule has 0 spiro atoms. The summed E-state index contributed by atoms with van der Waals surface area (Å²) >= 11 is 0. The van der Waals surface area contributed by atoms with E-state index < -0.39 is 18.6 Å². The molecule has 2 fully saturated rings. The van der Waals surface area contributed by atoms with Crippen molar-refractivity contribution in [3.05, 3.63) is 65.7 Å². The van der Waals surface area contributed by atoms with Gasteiger partial charge in [0.1, 0.15) is 0 Å². The average Bonchev–Trinajstić information content (AvgIpc) is 3.21. The zero-order valence-electron chi connectivity index (χ0n) is 20.1. The lowest BCUT2D eigenvalue weighted by Crippen LogP contribution is -2.48. The van der Waals surface area contributed by atoms with Crippen LogP contribution in [0.1, 0.15) is 46.9 Å². The number of imide groups is 1. The summed E-state index contributed by atoms with van der Waals surface area (Å²) in [5.74, 6) is -2.28. The number of rotatable bonds is 8. The number of hydrogen-bond donors (Lipinski definition) is 0. The number of likely N-dealkylation sites (tertiary alicyclic amines) is 1. The number of hydrogen-bond acceptors (Lipinski definition) is 8. The van der Waals surface area contributed by atoms with Gasteiger partial charge in [-0.05, 0) is 50.6 Å². The first kappa shape index (κ1) is 25.2. The van der Waals surface area contributed by atoms with E-state index in [9.17, 15) is 24.0 Å². The number of piperidine rings is 1. The smallest absolute Gasteiger partial charge is 0.338 e. The minimum atomic E-state index is -0.680. The van der Waals surface area contributed by atoms with Gasteiger partial charge in [-0.1, -0.05) is 30.3 Å². The summed E-state index contributed by atoms with van der Waals surface area (Å²) in [4.78, 5) is 65.6. The van der Waals surface area contributed by atoms with Crippen LogP contribution in [0, 0.1) is 5.92 Å². The third kappa shape index (κ3) is 5.52. The Morgan fingerprint density at radius 1 is 0.944 bits per heavy atom. The van der Waals surface area contributed by atoms with Crippen LogP contribution in [0.3, 0.4) is 0 Å². The first-order valence-corrected chi connectivity index (χ1v) is 12.0. The molecule has 0 radical (unpaired) electrons.